The fourth-order valence-corrected chi connectivity index (χ4v) is 4.95. The summed E-state index contributed by atoms with van der Waals surface area (Å²) in [6.07, 6.45) is 6.40. The van der Waals surface area contributed by atoms with Gasteiger partial charge in [-0.2, -0.15) is 0 Å². The van der Waals surface area contributed by atoms with Gasteiger partial charge in [0.25, 0.3) is 5.91 Å². The van der Waals surface area contributed by atoms with Crippen LogP contribution in [0.2, 0.25) is 0 Å². The third kappa shape index (κ3) is 3.93. The largest absolute Gasteiger partial charge is 0.353 e. The lowest BCUT2D eigenvalue weighted by Crippen LogP contribution is -2.51. The Morgan fingerprint density at radius 3 is 2.58 bits per heavy atom. The van der Waals surface area contributed by atoms with Crippen molar-refractivity contribution < 1.29 is 9.59 Å². The molecule has 26 heavy (non-hydrogen) atoms. The molecule has 3 fully saturated rings. The van der Waals surface area contributed by atoms with Crippen LogP contribution in [-0.4, -0.2) is 64.9 Å². The molecule has 3 aliphatic rings. The van der Waals surface area contributed by atoms with Crippen molar-refractivity contribution in [1.82, 2.24) is 20.1 Å². The molecule has 2 aliphatic heterocycles. The van der Waals surface area contributed by atoms with Gasteiger partial charge >= 0.3 is 0 Å². The number of aryl methyl sites for hydroxylation is 1. The third-order valence-electron chi connectivity index (χ3n) is 5.96. The van der Waals surface area contributed by atoms with Gasteiger partial charge in [-0.05, 0) is 52.0 Å². The number of hydrogen-bond acceptors (Lipinski definition) is 5. The molecule has 7 heteroatoms. The lowest BCUT2D eigenvalue weighted by Gasteiger charge is -2.42. The lowest BCUT2D eigenvalue weighted by atomic mass is 9.93. The number of hydrogen-bond donors (Lipinski definition) is 1. The van der Waals surface area contributed by atoms with Crippen molar-refractivity contribution in [3.05, 3.63) is 16.1 Å². The number of rotatable bonds is 4. The number of aromatic nitrogens is 1. The standard InChI is InChI=1S/C19H28N4O2S/c1-13-17(26-12-20-13)19(25)22-9-6-16(7-10-22)23-8-2-3-14(11-23)18(24)21-15-4-5-15/h12,14-16H,2-11H2,1H3,(H,21,24). The fraction of sp³-hybridized carbons (Fsp3) is 0.737. The predicted molar refractivity (Wildman–Crippen MR) is 101 cm³/mol. The monoisotopic (exact) mass is 376 g/mol. The van der Waals surface area contributed by atoms with Gasteiger partial charge in [0.1, 0.15) is 4.88 Å². The fourth-order valence-electron chi connectivity index (χ4n) is 4.18. The molecular formula is C19H28N4O2S. The SMILES string of the molecule is Cc1ncsc1C(=O)N1CCC(N2CCCC(C(=O)NC3CC3)C2)CC1. The molecule has 2 saturated heterocycles. The van der Waals surface area contributed by atoms with E-state index in [2.05, 4.69) is 15.2 Å². The number of nitrogens with zero attached hydrogens (tertiary/aromatic N) is 3. The van der Waals surface area contributed by atoms with Crippen LogP contribution in [0.25, 0.3) is 0 Å². The van der Waals surface area contributed by atoms with E-state index >= 15 is 0 Å². The lowest BCUT2D eigenvalue weighted by molar-refractivity contribution is -0.127. The molecule has 1 saturated carbocycles. The van der Waals surface area contributed by atoms with Crippen molar-refractivity contribution in [1.29, 1.82) is 0 Å². The highest BCUT2D eigenvalue weighted by molar-refractivity contribution is 7.11. The normalized spacial score (nSPS) is 25.3. The van der Waals surface area contributed by atoms with Crippen LogP contribution in [0.1, 0.15) is 53.9 Å². The zero-order valence-corrected chi connectivity index (χ0v) is 16.3. The quantitative estimate of drug-likeness (QED) is 0.873. The zero-order chi connectivity index (χ0) is 18.1. The van der Waals surface area contributed by atoms with Gasteiger partial charge in [0, 0.05) is 31.7 Å². The van der Waals surface area contributed by atoms with Crippen LogP contribution in [0.4, 0.5) is 0 Å². The van der Waals surface area contributed by atoms with Crippen molar-refractivity contribution in [3.8, 4) is 0 Å². The van der Waals surface area contributed by atoms with Gasteiger partial charge in [-0.15, -0.1) is 11.3 Å². The topological polar surface area (TPSA) is 65.5 Å². The summed E-state index contributed by atoms with van der Waals surface area (Å²) in [7, 11) is 0. The number of carbonyl (C=O) groups excluding carboxylic acids is 2. The van der Waals surface area contributed by atoms with Gasteiger partial charge in [0.2, 0.25) is 5.91 Å². The van der Waals surface area contributed by atoms with Crippen molar-refractivity contribution in [2.24, 2.45) is 5.92 Å². The first-order valence-electron chi connectivity index (χ1n) is 9.85. The Balaban J connectivity index is 1.29. The van der Waals surface area contributed by atoms with Crippen molar-refractivity contribution in [2.45, 2.75) is 57.5 Å². The first kappa shape index (κ1) is 17.9. The van der Waals surface area contributed by atoms with Gasteiger partial charge in [0.05, 0.1) is 17.1 Å². The molecule has 1 atom stereocenters. The molecule has 0 bridgehead atoms. The average molecular weight is 377 g/mol. The van der Waals surface area contributed by atoms with Crippen LogP contribution in [0, 0.1) is 12.8 Å². The minimum atomic E-state index is 0.129. The first-order chi connectivity index (χ1) is 12.6. The maximum atomic E-state index is 12.6. The number of thiazole rings is 1. The Kier molecular flexibility index (Phi) is 5.27. The molecule has 0 spiro atoms. The second-order valence-electron chi connectivity index (χ2n) is 7.91. The van der Waals surface area contributed by atoms with Crippen molar-refractivity contribution in [2.75, 3.05) is 26.2 Å². The number of carbonyl (C=O) groups is 2. The summed E-state index contributed by atoms with van der Waals surface area (Å²) >= 11 is 1.44. The van der Waals surface area contributed by atoms with E-state index in [0.29, 0.717) is 12.1 Å². The minimum absolute atomic E-state index is 0.129. The van der Waals surface area contributed by atoms with Crippen LogP contribution < -0.4 is 5.32 Å². The molecule has 2 amide bonds. The summed E-state index contributed by atoms with van der Waals surface area (Å²) in [4.78, 5) is 34.5. The number of nitrogens with one attached hydrogen (secondary N) is 1. The molecule has 4 rings (SSSR count). The average Bonchev–Trinajstić information content (AvgIpc) is 3.39. The minimum Gasteiger partial charge on any atom is -0.353 e. The van der Waals surface area contributed by atoms with Crippen LogP contribution in [-0.2, 0) is 4.79 Å². The van der Waals surface area contributed by atoms with Crippen LogP contribution in [0.5, 0.6) is 0 Å². The number of amides is 2. The molecule has 0 aromatic carbocycles. The maximum Gasteiger partial charge on any atom is 0.265 e. The van der Waals surface area contributed by atoms with E-state index in [1.165, 1.54) is 11.3 Å². The van der Waals surface area contributed by atoms with Gasteiger partial charge in [0.15, 0.2) is 0 Å². The molecule has 3 heterocycles. The van der Waals surface area contributed by atoms with E-state index in [0.717, 1.165) is 75.3 Å². The maximum absolute atomic E-state index is 12.6. The van der Waals surface area contributed by atoms with Gasteiger partial charge < -0.3 is 10.2 Å². The molecule has 1 aliphatic carbocycles. The highest BCUT2D eigenvalue weighted by Gasteiger charge is 2.34. The van der Waals surface area contributed by atoms with Gasteiger partial charge in [-0.3, -0.25) is 14.5 Å². The highest BCUT2D eigenvalue weighted by atomic mass is 32.1. The summed E-state index contributed by atoms with van der Waals surface area (Å²) in [5.74, 6) is 0.526. The van der Waals surface area contributed by atoms with Gasteiger partial charge in [-0.25, -0.2) is 4.98 Å². The predicted octanol–water partition coefficient (Wildman–Crippen LogP) is 2.05. The summed E-state index contributed by atoms with van der Waals surface area (Å²) in [6, 6.07) is 0.945. The third-order valence-corrected chi connectivity index (χ3v) is 6.87. The summed E-state index contributed by atoms with van der Waals surface area (Å²) < 4.78 is 0. The molecule has 142 valence electrons. The number of likely N-dealkylation sites (tertiary alicyclic amines) is 2. The van der Waals surface area contributed by atoms with Crippen molar-refractivity contribution >= 4 is 23.2 Å². The Morgan fingerprint density at radius 1 is 1.15 bits per heavy atom. The Hall–Kier alpha value is -1.47. The van der Waals surface area contributed by atoms with Crippen molar-refractivity contribution in [3.63, 3.8) is 0 Å². The molecule has 0 radical (unpaired) electrons. The van der Waals surface area contributed by atoms with E-state index in [-0.39, 0.29) is 17.7 Å². The Bertz CT molecular complexity index is 664. The van der Waals surface area contributed by atoms with E-state index in [9.17, 15) is 9.59 Å². The highest BCUT2D eigenvalue weighted by Crippen LogP contribution is 2.27. The van der Waals surface area contributed by atoms with Crippen LogP contribution in [0.15, 0.2) is 5.51 Å². The van der Waals surface area contributed by atoms with E-state index in [1.807, 2.05) is 11.8 Å². The smallest absolute Gasteiger partial charge is 0.265 e. The molecule has 1 aromatic heterocycles. The molecule has 1 unspecified atom stereocenters. The molecular weight excluding hydrogens is 348 g/mol. The summed E-state index contributed by atoms with van der Waals surface area (Å²) in [5, 5.41) is 3.17. The molecule has 1 N–H and O–H groups in total. The Labute approximate surface area is 159 Å². The number of piperidine rings is 2. The summed E-state index contributed by atoms with van der Waals surface area (Å²) in [5.41, 5.74) is 2.58. The zero-order valence-electron chi connectivity index (χ0n) is 15.4. The first-order valence-corrected chi connectivity index (χ1v) is 10.7. The van der Waals surface area contributed by atoms with E-state index in [1.54, 1.807) is 5.51 Å². The van der Waals surface area contributed by atoms with Gasteiger partial charge in [-0.1, -0.05) is 0 Å². The van der Waals surface area contributed by atoms with Crippen LogP contribution in [0.3, 0.4) is 0 Å². The second kappa shape index (κ2) is 7.64. The molecule has 1 aromatic rings. The Morgan fingerprint density at radius 2 is 1.92 bits per heavy atom. The second-order valence-corrected chi connectivity index (χ2v) is 8.76. The van der Waals surface area contributed by atoms with E-state index < -0.39 is 0 Å². The van der Waals surface area contributed by atoms with Crippen LogP contribution >= 0.6 is 11.3 Å². The summed E-state index contributed by atoms with van der Waals surface area (Å²) in [6.45, 7) is 5.47. The molecule has 6 nitrogen and oxygen atoms in total. The van der Waals surface area contributed by atoms with E-state index in [4.69, 9.17) is 0 Å².